The molecule has 0 aliphatic rings. The van der Waals surface area contributed by atoms with E-state index >= 15 is 0 Å². The van der Waals surface area contributed by atoms with Crippen molar-refractivity contribution in [2.45, 2.75) is 6.92 Å². The zero-order chi connectivity index (χ0) is 10.3. The zero-order valence-electron chi connectivity index (χ0n) is 7.03. The third-order valence-electron chi connectivity index (χ3n) is 0.970. The molecule has 0 bridgehead atoms. The summed E-state index contributed by atoms with van der Waals surface area (Å²) in [6, 6.07) is 0.547. The van der Waals surface area contributed by atoms with Crippen LogP contribution in [0.25, 0.3) is 0 Å². The molecule has 0 saturated heterocycles. The first-order chi connectivity index (χ1) is 6.11. The largest absolute Gasteiger partial charge is 0.500 e. The minimum absolute atomic E-state index is 0.305. The first kappa shape index (κ1) is 11.0. The number of hydrogen-bond acceptors (Lipinski definition) is 4. The number of imide groups is 1. The van der Waals surface area contributed by atoms with Crippen molar-refractivity contribution in [2.75, 3.05) is 6.61 Å². The lowest BCUT2D eigenvalue weighted by molar-refractivity contribution is -0.116. The average molecular weight is 183 g/mol. The molecule has 70 valence electrons. The van der Waals surface area contributed by atoms with Gasteiger partial charge in [0.2, 0.25) is 0 Å². The molecule has 0 spiro atoms. The number of nitrogens with zero attached hydrogens (tertiary/aromatic N) is 1. The highest BCUT2D eigenvalue weighted by molar-refractivity contribution is 6.05. The van der Waals surface area contributed by atoms with E-state index in [0.29, 0.717) is 6.61 Å². The highest BCUT2D eigenvalue weighted by atomic mass is 16.5. The second kappa shape index (κ2) is 5.60. The Morgan fingerprint density at radius 3 is 2.69 bits per heavy atom. The lowest BCUT2D eigenvalue weighted by Gasteiger charge is -1.98. The maximum atomic E-state index is 10.9. The third-order valence-corrected chi connectivity index (χ3v) is 0.970. The summed E-state index contributed by atoms with van der Waals surface area (Å²) in [7, 11) is 0. The van der Waals surface area contributed by atoms with E-state index < -0.39 is 11.9 Å². The van der Waals surface area contributed by atoms with E-state index in [-0.39, 0.29) is 5.57 Å². The lowest BCUT2D eigenvalue weighted by Crippen LogP contribution is -2.35. The van der Waals surface area contributed by atoms with Crippen LogP contribution in [0.3, 0.4) is 0 Å². The van der Waals surface area contributed by atoms with Gasteiger partial charge >= 0.3 is 6.03 Å². The monoisotopic (exact) mass is 183 g/mol. The molecule has 0 rings (SSSR count). The predicted molar refractivity (Wildman–Crippen MR) is 43.0 cm³/mol. The minimum atomic E-state index is -1.01. The van der Waals surface area contributed by atoms with Crippen molar-refractivity contribution in [1.29, 1.82) is 5.26 Å². The molecule has 0 aliphatic heterocycles. The Kier molecular flexibility index (Phi) is 4.72. The Morgan fingerprint density at radius 1 is 1.69 bits per heavy atom. The van der Waals surface area contributed by atoms with Gasteiger partial charge < -0.3 is 10.5 Å². The molecule has 3 N–H and O–H groups in total. The molecular weight excluding hydrogens is 174 g/mol. The standard InChI is InChI=1S/C7H9N3O3/c1-2-13-4-5(3-8)6(11)10-7(9)12/h4H,2H2,1H3,(H3,9,10,11,12)/b5-4-. The molecule has 0 radical (unpaired) electrons. The highest BCUT2D eigenvalue weighted by Gasteiger charge is 2.10. The quantitative estimate of drug-likeness (QED) is 0.353. The van der Waals surface area contributed by atoms with Gasteiger partial charge in [-0.2, -0.15) is 5.26 Å². The van der Waals surface area contributed by atoms with E-state index in [9.17, 15) is 9.59 Å². The van der Waals surface area contributed by atoms with Gasteiger partial charge in [0.25, 0.3) is 5.91 Å². The number of rotatable bonds is 3. The number of carbonyl (C=O) groups excluding carboxylic acids is 2. The van der Waals surface area contributed by atoms with Gasteiger partial charge in [0.1, 0.15) is 12.3 Å². The molecule has 0 aromatic rings. The number of ether oxygens (including phenoxy) is 1. The Labute approximate surface area is 75.0 Å². The number of primary amides is 1. The molecule has 6 heteroatoms. The van der Waals surface area contributed by atoms with Crippen molar-refractivity contribution in [3.63, 3.8) is 0 Å². The van der Waals surface area contributed by atoms with Crippen molar-refractivity contribution < 1.29 is 14.3 Å². The van der Waals surface area contributed by atoms with E-state index in [1.54, 1.807) is 18.3 Å². The topological polar surface area (TPSA) is 105 Å². The number of carbonyl (C=O) groups is 2. The molecule has 0 heterocycles. The Hall–Kier alpha value is -2.03. The molecule has 0 aromatic heterocycles. The van der Waals surface area contributed by atoms with Crippen LogP contribution in [-0.2, 0) is 9.53 Å². The van der Waals surface area contributed by atoms with Gasteiger partial charge in [-0.1, -0.05) is 0 Å². The van der Waals surface area contributed by atoms with Gasteiger partial charge in [0, 0.05) is 0 Å². The Bertz CT molecular complexity index is 277. The fourth-order valence-corrected chi connectivity index (χ4v) is 0.477. The number of nitrogens with one attached hydrogen (secondary N) is 1. The smallest absolute Gasteiger partial charge is 0.319 e. The van der Waals surface area contributed by atoms with Crippen LogP contribution >= 0.6 is 0 Å². The fourth-order valence-electron chi connectivity index (χ4n) is 0.477. The summed E-state index contributed by atoms with van der Waals surface area (Å²) in [4.78, 5) is 21.1. The molecular formula is C7H9N3O3. The highest BCUT2D eigenvalue weighted by Crippen LogP contribution is 1.92. The first-order valence-corrected chi connectivity index (χ1v) is 3.44. The maximum absolute atomic E-state index is 10.9. The van der Waals surface area contributed by atoms with E-state index in [0.717, 1.165) is 6.26 Å². The van der Waals surface area contributed by atoms with Crippen LogP contribution in [0.15, 0.2) is 11.8 Å². The molecule has 0 fully saturated rings. The molecule has 13 heavy (non-hydrogen) atoms. The van der Waals surface area contributed by atoms with Crippen LogP contribution in [0.2, 0.25) is 0 Å². The van der Waals surface area contributed by atoms with Gasteiger partial charge in [-0.05, 0) is 6.92 Å². The summed E-state index contributed by atoms with van der Waals surface area (Å²) in [5, 5.41) is 10.2. The molecule has 0 saturated carbocycles. The number of nitriles is 1. The summed E-state index contributed by atoms with van der Waals surface area (Å²) in [6.45, 7) is 2.02. The summed E-state index contributed by atoms with van der Waals surface area (Å²) >= 11 is 0. The van der Waals surface area contributed by atoms with Gasteiger partial charge in [-0.15, -0.1) is 0 Å². The van der Waals surface area contributed by atoms with Crippen molar-refractivity contribution in [1.82, 2.24) is 5.32 Å². The maximum Gasteiger partial charge on any atom is 0.319 e. The van der Waals surface area contributed by atoms with Crippen LogP contribution in [0.5, 0.6) is 0 Å². The molecule has 3 amide bonds. The third kappa shape index (κ3) is 4.42. The summed E-state index contributed by atoms with van der Waals surface area (Å²) in [6.07, 6.45) is 0.971. The molecule has 0 aliphatic carbocycles. The molecule has 0 atom stereocenters. The molecule has 0 aromatic carbocycles. The average Bonchev–Trinajstić information content (AvgIpc) is 2.04. The predicted octanol–water partition coefficient (Wildman–Crippen LogP) is -0.375. The van der Waals surface area contributed by atoms with E-state index in [1.807, 2.05) is 0 Å². The summed E-state index contributed by atoms with van der Waals surface area (Å²) in [5.41, 5.74) is 4.36. The fraction of sp³-hybridized carbons (Fsp3) is 0.286. The zero-order valence-corrected chi connectivity index (χ0v) is 7.03. The van der Waals surface area contributed by atoms with Crippen molar-refractivity contribution in [3.8, 4) is 6.07 Å². The van der Waals surface area contributed by atoms with Crippen molar-refractivity contribution >= 4 is 11.9 Å². The number of amides is 3. The van der Waals surface area contributed by atoms with E-state index in [1.165, 1.54) is 0 Å². The lowest BCUT2D eigenvalue weighted by atomic mass is 10.3. The van der Waals surface area contributed by atoms with Crippen molar-refractivity contribution in [3.05, 3.63) is 11.8 Å². The van der Waals surface area contributed by atoms with Gasteiger partial charge in [0.15, 0.2) is 5.57 Å². The molecule has 6 nitrogen and oxygen atoms in total. The normalized spacial score (nSPS) is 10.0. The van der Waals surface area contributed by atoms with Gasteiger partial charge in [0.05, 0.1) is 6.61 Å². The van der Waals surface area contributed by atoms with Crippen LogP contribution in [-0.4, -0.2) is 18.5 Å². The number of urea groups is 1. The first-order valence-electron chi connectivity index (χ1n) is 3.44. The number of nitrogens with two attached hydrogens (primary N) is 1. The second-order valence-electron chi connectivity index (χ2n) is 1.92. The summed E-state index contributed by atoms with van der Waals surface area (Å²) < 4.78 is 4.69. The van der Waals surface area contributed by atoms with Gasteiger partial charge in [-0.25, -0.2) is 4.79 Å². The van der Waals surface area contributed by atoms with Crippen molar-refractivity contribution in [2.24, 2.45) is 5.73 Å². The van der Waals surface area contributed by atoms with Crippen LogP contribution < -0.4 is 11.1 Å². The Balaban J connectivity index is 4.34. The minimum Gasteiger partial charge on any atom is -0.500 e. The van der Waals surface area contributed by atoms with Crippen LogP contribution in [0.1, 0.15) is 6.92 Å². The molecule has 0 unspecified atom stereocenters. The number of hydrogen-bond donors (Lipinski definition) is 2. The second-order valence-corrected chi connectivity index (χ2v) is 1.92. The van der Waals surface area contributed by atoms with Crippen LogP contribution in [0, 0.1) is 11.3 Å². The van der Waals surface area contributed by atoms with E-state index in [2.05, 4.69) is 5.73 Å². The SMILES string of the molecule is CCO/C=C(/C#N)C(=O)NC(N)=O. The van der Waals surface area contributed by atoms with Crippen LogP contribution in [0.4, 0.5) is 4.79 Å². The van der Waals surface area contributed by atoms with Gasteiger partial charge in [-0.3, -0.25) is 10.1 Å². The summed E-state index contributed by atoms with van der Waals surface area (Å²) in [5.74, 6) is -0.872. The van der Waals surface area contributed by atoms with E-state index in [4.69, 9.17) is 10.00 Å². The Morgan fingerprint density at radius 2 is 2.31 bits per heavy atom.